The van der Waals surface area contributed by atoms with Crippen molar-refractivity contribution in [3.63, 3.8) is 0 Å². The maximum Gasteiger partial charge on any atom is 0.328 e. The molecule has 0 spiro atoms. The molecule has 1 heterocycles. The summed E-state index contributed by atoms with van der Waals surface area (Å²) in [5, 5.41) is 6.21. The van der Waals surface area contributed by atoms with Gasteiger partial charge in [-0.2, -0.15) is 4.98 Å². The van der Waals surface area contributed by atoms with E-state index in [0.29, 0.717) is 5.82 Å². The number of carbonyl (C=O) groups excluding carboxylic acids is 1. The van der Waals surface area contributed by atoms with Gasteiger partial charge in [-0.15, -0.1) is 0 Å². The van der Waals surface area contributed by atoms with E-state index in [4.69, 9.17) is 4.52 Å². The van der Waals surface area contributed by atoms with E-state index in [0.717, 1.165) is 25.7 Å². The van der Waals surface area contributed by atoms with Gasteiger partial charge in [0.25, 0.3) is 0 Å². The van der Waals surface area contributed by atoms with Crippen molar-refractivity contribution in [1.82, 2.24) is 10.1 Å². The van der Waals surface area contributed by atoms with Gasteiger partial charge in [-0.1, -0.05) is 38.3 Å². The van der Waals surface area contributed by atoms with Crippen LogP contribution in [0.25, 0.3) is 0 Å². The molecule has 0 saturated heterocycles. The summed E-state index contributed by atoms with van der Waals surface area (Å²) < 4.78 is 4.82. The maximum atomic E-state index is 11.7. The Bertz CT molecular complexity index is 336. The van der Waals surface area contributed by atoms with Gasteiger partial charge in [-0.25, -0.2) is 0 Å². The van der Waals surface area contributed by atoms with Crippen LogP contribution < -0.4 is 5.32 Å². The molecule has 0 aliphatic heterocycles. The highest BCUT2D eigenvalue weighted by Gasteiger charge is 2.15. The Labute approximate surface area is 95.6 Å². The van der Waals surface area contributed by atoms with Crippen LogP contribution in [0.4, 0.5) is 6.01 Å². The number of carbonyl (C=O) groups is 1. The Balaban J connectivity index is 2.34. The minimum atomic E-state index is -0.0558. The highest BCUT2D eigenvalue weighted by Crippen LogP contribution is 2.12. The maximum absolute atomic E-state index is 11.7. The monoisotopic (exact) mass is 225 g/mol. The fraction of sp³-hybridized carbons (Fsp3) is 0.727. The van der Waals surface area contributed by atoms with Crippen LogP contribution in [0, 0.1) is 12.8 Å². The van der Waals surface area contributed by atoms with Crippen LogP contribution in [0.2, 0.25) is 0 Å². The number of nitrogens with zero attached hydrogens (tertiary/aromatic N) is 2. The molecule has 1 rings (SSSR count). The van der Waals surface area contributed by atoms with Gasteiger partial charge in [-0.05, 0) is 13.3 Å². The van der Waals surface area contributed by atoms with E-state index >= 15 is 0 Å². The zero-order valence-electron chi connectivity index (χ0n) is 10.1. The molecular weight excluding hydrogens is 206 g/mol. The number of aromatic nitrogens is 2. The molecule has 0 aromatic carbocycles. The van der Waals surface area contributed by atoms with Crippen molar-refractivity contribution in [3.8, 4) is 0 Å². The number of hydrogen-bond acceptors (Lipinski definition) is 4. The fourth-order valence-corrected chi connectivity index (χ4v) is 1.41. The number of unbranched alkanes of at least 4 members (excludes halogenated alkanes) is 2. The Hall–Kier alpha value is -1.39. The molecule has 1 aromatic rings. The lowest BCUT2D eigenvalue weighted by Gasteiger charge is -2.08. The standard InChI is InChI=1S/C11H19N3O2/c1-4-5-6-7-8(2)10(15)13-11-12-9(3)14-16-11/h8H,4-7H2,1-3H3,(H,12,13,14,15). The van der Waals surface area contributed by atoms with E-state index in [1.165, 1.54) is 0 Å². The van der Waals surface area contributed by atoms with E-state index in [9.17, 15) is 4.79 Å². The quantitative estimate of drug-likeness (QED) is 0.755. The second-order valence-corrected chi connectivity index (χ2v) is 4.03. The van der Waals surface area contributed by atoms with Crippen LogP contribution in [0.3, 0.4) is 0 Å². The molecule has 1 amide bonds. The first kappa shape index (κ1) is 12.7. The van der Waals surface area contributed by atoms with Crippen LogP contribution in [0.1, 0.15) is 45.4 Å². The van der Waals surface area contributed by atoms with Gasteiger partial charge in [0.05, 0.1) is 0 Å². The molecule has 0 radical (unpaired) electrons. The first-order valence-corrected chi connectivity index (χ1v) is 5.74. The molecule has 5 nitrogen and oxygen atoms in total. The number of nitrogens with one attached hydrogen (secondary N) is 1. The van der Waals surface area contributed by atoms with E-state index in [-0.39, 0.29) is 17.8 Å². The predicted octanol–water partition coefficient (Wildman–Crippen LogP) is 2.53. The summed E-state index contributed by atoms with van der Waals surface area (Å²) in [5.41, 5.74) is 0. The first-order valence-electron chi connectivity index (χ1n) is 5.74. The third kappa shape index (κ3) is 4.00. The minimum absolute atomic E-state index is 0.0150. The predicted molar refractivity (Wildman–Crippen MR) is 61.0 cm³/mol. The lowest BCUT2D eigenvalue weighted by Crippen LogP contribution is -2.20. The van der Waals surface area contributed by atoms with E-state index in [1.807, 2.05) is 6.92 Å². The second kappa shape index (κ2) is 6.25. The largest absolute Gasteiger partial charge is 0.328 e. The molecule has 1 N–H and O–H groups in total. The first-order chi connectivity index (χ1) is 7.63. The highest BCUT2D eigenvalue weighted by atomic mass is 16.5. The zero-order valence-corrected chi connectivity index (χ0v) is 10.1. The summed E-state index contributed by atoms with van der Waals surface area (Å²) in [5.74, 6) is 0.451. The Kier molecular flexibility index (Phi) is 4.95. The molecule has 1 aromatic heterocycles. The summed E-state index contributed by atoms with van der Waals surface area (Å²) in [6.07, 6.45) is 4.30. The van der Waals surface area contributed by atoms with Crippen LogP contribution in [-0.2, 0) is 4.79 Å². The smallest absolute Gasteiger partial charge is 0.315 e. The zero-order chi connectivity index (χ0) is 12.0. The number of rotatable bonds is 6. The average Bonchev–Trinajstić information content (AvgIpc) is 2.64. The van der Waals surface area contributed by atoms with Crippen LogP contribution in [0.5, 0.6) is 0 Å². The van der Waals surface area contributed by atoms with Crippen molar-refractivity contribution in [3.05, 3.63) is 5.82 Å². The van der Waals surface area contributed by atoms with Crippen molar-refractivity contribution in [2.24, 2.45) is 5.92 Å². The number of amides is 1. The second-order valence-electron chi connectivity index (χ2n) is 4.03. The summed E-state index contributed by atoms with van der Waals surface area (Å²) in [7, 11) is 0. The molecular formula is C11H19N3O2. The molecule has 0 aliphatic rings. The van der Waals surface area contributed by atoms with Gasteiger partial charge < -0.3 is 4.52 Å². The van der Waals surface area contributed by atoms with Gasteiger partial charge in [-0.3, -0.25) is 10.1 Å². The molecule has 5 heteroatoms. The van der Waals surface area contributed by atoms with Gasteiger partial charge >= 0.3 is 6.01 Å². The summed E-state index contributed by atoms with van der Waals surface area (Å²) in [6.45, 7) is 5.77. The summed E-state index contributed by atoms with van der Waals surface area (Å²) >= 11 is 0. The third-order valence-electron chi connectivity index (χ3n) is 2.45. The van der Waals surface area contributed by atoms with Gasteiger partial charge in [0.2, 0.25) is 5.91 Å². The minimum Gasteiger partial charge on any atom is -0.315 e. The van der Waals surface area contributed by atoms with E-state index in [1.54, 1.807) is 6.92 Å². The van der Waals surface area contributed by atoms with Gasteiger partial charge in [0.1, 0.15) is 0 Å². The highest BCUT2D eigenvalue weighted by molar-refractivity contribution is 5.90. The normalized spacial score (nSPS) is 12.4. The molecule has 0 bridgehead atoms. The molecule has 0 fully saturated rings. The Morgan fingerprint density at radius 2 is 2.25 bits per heavy atom. The van der Waals surface area contributed by atoms with Crippen molar-refractivity contribution in [2.45, 2.75) is 46.5 Å². The van der Waals surface area contributed by atoms with Crippen molar-refractivity contribution < 1.29 is 9.32 Å². The molecule has 0 saturated carbocycles. The number of hydrogen-bond donors (Lipinski definition) is 1. The van der Waals surface area contributed by atoms with Gasteiger partial charge in [0.15, 0.2) is 5.82 Å². The van der Waals surface area contributed by atoms with Crippen molar-refractivity contribution >= 4 is 11.9 Å². The summed E-state index contributed by atoms with van der Waals surface area (Å²) in [4.78, 5) is 15.6. The fourth-order valence-electron chi connectivity index (χ4n) is 1.41. The summed E-state index contributed by atoms with van der Waals surface area (Å²) in [6, 6.07) is 0.185. The number of anilines is 1. The lowest BCUT2D eigenvalue weighted by molar-refractivity contribution is -0.119. The van der Waals surface area contributed by atoms with E-state index < -0.39 is 0 Å². The van der Waals surface area contributed by atoms with E-state index in [2.05, 4.69) is 22.4 Å². The lowest BCUT2D eigenvalue weighted by atomic mass is 10.0. The topological polar surface area (TPSA) is 68.0 Å². The SMILES string of the molecule is CCCCCC(C)C(=O)Nc1nc(C)no1. The average molecular weight is 225 g/mol. The van der Waals surface area contributed by atoms with Crippen molar-refractivity contribution in [2.75, 3.05) is 5.32 Å². The van der Waals surface area contributed by atoms with Crippen LogP contribution in [0.15, 0.2) is 4.52 Å². The molecule has 0 aliphatic carbocycles. The molecule has 1 atom stereocenters. The Morgan fingerprint density at radius 1 is 1.50 bits per heavy atom. The number of aryl methyl sites for hydroxylation is 1. The Morgan fingerprint density at radius 3 is 2.81 bits per heavy atom. The molecule has 90 valence electrons. The molecule has 16 heavy (non-hydrogen) atoms. The van der Waals surface area contributed by atoms with Crippen LogP contribution >= 0.6 is 0 Å². The van der Waals surface area contributed by atoms with Crippen LogP contribution in [-0.4, -0.2) is 16.0 Å². The van der Waals surface area contributed by atoms with Crippen molar-refractivity contribution in [1.29, 1.82) is 0 Å². The third-order valence-corrected chi connectivity index (χ3v) is 2.45. The molecule has 1 unspecified atom stereocenters. The van der Waals surface area contributed by atoms with Gasteiger partial charge in [0, 0.05) is 5.92 Å².